The summed E-state index contributed by atoms with van der Waals surface area (Å²) in [4.78, 5) is 0. The Morgan fingerprint density at radius 2 is 1.72 bits per heavy atom. The quantitative estimate of drug-likeness (QED) is 0.435. The number of rotatable bonds is 5. The molecule has 2 nitrogen and oxygen atoms in total. The third-order valence-corrected chi connectivity index (χ3v) is 12.2. The summed E-state index contributed by atoms with van der Waals surface area (Å²) in [5, 5.41) is 21.9. The Morgan fingerprint density at radius 1 is 0.969 bits per heavy atom. The Balaban J connectivity index is 1.32. The number of hydrogen-bond donors (Lipinski definition) is 2. The molecule has 0 saturated heterocycles. The number of aliphatic hydroxyl groups is 2. The second-order valence-corrected chi connectivity index (χ2v) is 13.7. The van der Waals surface area contributed by atoms with Crippen LogP contribution in [0.3, 0.4) is 0 Å². The van der Waals surface area contributed by atoms with Crippen molar-refractivity contribution < 1.29 is 10.2 Å². The Labute approximate surface area is 197 Å². The molecule has 5 rings (SSSR count). The van der Waals surface area contributed by atoms with E-state index in [1.54, 1.807) is 0 Å². The molecule has 2 heteroatoms. The highest BCUT2D eigenvalue weighted by atomic mass is 16.3. The van der Waals surface area contributed by atoms with Crippen molar-refractivity contribution in [2.45, 2.75) is 135 Å². The standard InChI is InChI=1S/C30H50O2/c1-5-29(31)19-18-27(3)22(20-29)8-9-23-25-11-10-24(28(25,4)16-13-26(23)27)21(2)12-17-30(32)14-6-7-15-30/h13,21-25,31-32H,5-12,14-20H2,1-4H3/t21-,22+,23+,24-,25+,27+,28-,29+/m1/s1. The summed E-state index contributed by atoms with van der Waals surface area (Å²) in [6.07, 6.45) is 20.3. The zero-order chi connectivity index (χ0) is 22.8. The van der Waals surface area contributed by atoms with Crippen molar-refractivity contribution in [1.82, 2.24) is 0 Å². The summed E-state index contributed by atoms with van der Waals surface area (Å²) < 4.78 is 0. The first-order chi connectivity index (χ1) is 15.1. The maximum absolute atomic E-state index is 11.0. The lowest BCUT2D eigenvalue weighted by Crippen LogP contribution is -2.51. The highest BCUT2D eigenvalue weighted by molar-refractivity contribution is 5.29. The molecule has 0 aliphatic heterocycles. The highest BCUT2D eigenvalue weighted by Gasteiger charge is 2.58. The van der Waals surface area contributed by atoms with E-state index in [1.165, 1.54) is 57.8 Å². The Kier molecular flexibility index (Phi) is 5.93. The lowest BCUT2D eigenvalue weighted by Gasteiger charge is -2.58. The monoisotopic (exact) mass is 442 g/mol. The van der Waals surface area contributed by atoms with E-state index in [9.17, 15) is 10.2 Å². The van der Waals surface area contributed by atoms with Crippen molar-refractivity contribution in [3.05, 3.63) is 11.6 Å². The third kappa shape index (κ3) is 3.65. The lowest BCUT2D eigenvalue weighted by atomic mass is 9.47. The maximum Gasteiger partial charge on any atom is 0.0648 e. The zero-order valence-electron chi connectivity index (χ0n) is 21.5. The van der Waals surface area contributed by atoms with Crippen molar-refractivity contribution in [1.29, 1.82) is 0 Å². The molecule has 4 fully saturated rings. The van der Waals surface area contributed by atoms with E-state index in [-0.39, 0.29) is 5.60 Å². The predicted octanol–water partition coefficient (Wildman–Crippen LogP) is 7.43. The first-order valence-electron chi connectivity index (χ1n) is 14.3. The molecular formula is C30H50O2. The van der Waals surface area contributed by atoms with E-state index in [2.05, 4.69) is 33.8 Å². The largest absolute Gasteiger partial charge is 0.390 e. The zero-order valence-corrected chi connectivity index (χ0v) is 21.5. The molecule has 0 spiro atoms. The molecule has 0 radical (unpaired) electrons. The SMILES string of the molecule is CC[C@]1(O)CC[C@]2(C)C3=CC[C@]4(C)[C@@H]([C@H](C)CCC5(O)CCCC5)CC[C@H]4[C@@H]3CC[C@H]2C1. The van der Waals surface area contributed by atoms with Crippen LogP contribution in [0.25, 0.3) is 0 Å². The van der Waals surface area contributed by atoms with Crippen LogP contribution in [0.15, 0.2) is 11.6 Å². The average molecular weight is 443 g/mol. The molecule has 5 aliphatic carbocycles. The normalized spacial score (nSPS) is 48.5. The maximum atomic E-state index is 11.0. The van der Waals surface area contributed by atoms with Crippen molar-refractivity contribution in [3.63, 3.8) is 0 Å². The third-order valence-electron chi connectivity index (χ3n) is 12.2. The summed E-state index contributed by atoms with van der Waals surface area (Å²) in [5.74, 6) is 3.87. The van der Waals surface area contributed by atoms with Gasteiger partial charge in [0.15, 0.2) is 0 Å². The van der Waals surface area contributed by atoms with Crippen LogP contribution >= 0.6 is 0 Å². The van der Waals surface area contributed by atoms with Crippen LogP contribution in [-0.2, 0) is 0 Å². The predicted molar refractivity (Wildman–Crippen MR) is 132 cm³/mol. The van der Waals surface area contributed by atoms with Crippen LogP contribution in [0.2, 0.25) is 0 Å². The fraction of sp³-hybridized carbons (Fsp3) is 0.933. The number of fused-ring (bicyclic) bond motifs is 5. The fourth-order valence-electron chi connectivity index (χ4n) is 9.87. The van der Waals surface area contributed by atoms with Gasteiger partial charge in [-0.15, -0.1) is 0 Å². The van der Waals surface area contributed by atoms with Crippen molar-refractivity contribution in [2.24, 2.45) is 40.4 Å². The van der Waals surface area contributed by atoms with E-state index in [4.69, 9.17) is 0 Å². The van der Waals surface area contributed by atoms with Crippen LogP contribution in [0.5, 0.6) is 0 Å². The van der Waals surface area contributed by atoms with Crippen molar-refractivity contribution in [3.8, 4) is 0 Å². The van der Waals surface area contributed by atoms with Crippen LogP contribution in [0.1, 0.15) is 124 Å². The Bertz CT molecular complexity index is 735. The lowest BCUT2D eigenvalue weighted by molar-refractivity contribution is -0.0771. The van der Waals surface area contributed by atoms with E-state index in [0.717, 1.165) is 62.2 Å². The molecule has 182 valence electrons. The summed E-state index contributed by atoms with van der Waals surface area (Å²) in [7, 11) is 0. The molecule has 0 amide bonds. The van der Waals surface area contributed by atoms with Crippen LogP contribution in [0.4, 0.5) is 0 Å². The fourth-order valence-corrected chi connectivity index (χ4v) is 9.87. The topological polar surface area (TPSA) is 40.5 Å². The molecule has 0 aromatic heterocycles. The van der Waals surface area contributed by atoms with Gasteiger partial charge in [-0.05, 0) is 124 Å². The van der Waals surface area contributed by atoms with Gasteiger partial charge in [0.2, 0.25) is 0 Å². The molecular weight excluding hydrogens is 392 g/mol. The van der Waals surface area contributed by atoms with Gasteiger partial charge in [-0.25, -0.2) is 0 Å². The Hall–Kier alpha value is -0.340. The molecule has 0 aromatic rings. The Morgan fingerprint density at radius 3 is 2.44 bits per heavy atom. The van der Waals surface area contributed by atoms with Gasteiger partial charge in [0, 0.05) is 0 Å². The minimum absolute atomic E-state index is 0.334. The van der Waals surface area contributed by atoms with Gasteiger partial charge in [-0.2, -0.15) is 0 Å². The highest BCUT2D eigenvalue weighted by Crippen LogP contribution is 2.67. The van der Waals surface area contributed by atoms with E-state index >= 15 is 0 Å². The molecule has 0 heterocycles. The molecule has 8 atom stereocenters. The van der Waals surface area contributed by atoms with E-state index < -0.39 is 5.60 Å². The average Bonchev–Trinajstić information content (AvgIpc) is 3.36. The molecule has 0 aromatic carbocycles. The van der Waals surface area contributed by atoms with Crippen LogP contribution < -0.4 is 0 Å². The molecule has 0 unspecified atom stereocenters. The summed E-state index contributed by atoms with van der Waals surface area (Å²) >= 11 is 0. The molecule has 0 bridgehead atoms. The molecule has 32 heavy (non-hydrogen) atoms. The van der Waals surface area contributed by atoms with Crippen LogP contribution in [-0.4, -0.2) is 21.4 Å². The molecule has 2 N–H and O–H groups in total. The molecule has 4 saturated carbocycles. The first-order valence-corrected chi connectivity index (χ1v) is 14.3. The van der Waals surface area contributed by atoms with Gasteiger partial charge in [0.25, 0.3) is 0 Å². The second-order valence-electron chi connectivity index (χ2n) is 13.7. The number of hydrogen-bond acceptors (Lipinski definition) is 2. The van der Waals surface area contributed by atoms with Gasteiger partial charge in [0.1, 0.15) is 0 Å². The number of allylic oxidation sites excluding steroid dienone is 2. The second kappa shape index (κ2) is 8.11. The van der Waals surface area contributed by atoms with Gasteiger partial charge < -0.3 is 10.2 Å². The molecule has 5 aliphatic rings. The van der Waals surface area contributed by atoms with Gasteiger partial charge in [0.05, 0.1) is 11.2 Å². The van der Waals surface area contributed by atoms with Gasteiger partial charge in [-0.3, -0.25) is 0 Å². The van der Waals surface area contributed by atoms with Crippen molar-refractivity contribution >= 4 is 0 Å². The first kappa shape index (κ1) is 23.4. The van der Waals surface area contributed by atoms with Gasteiger partial charge >= 0.3 is 0 Å². The van der Waals surface area contributed by atoms with Gasteiger partial charge in [-0.1, -0.05) is 52.2 Å². The minimum atomic E-state index is -0.405. The smallest absolute Gasteiger partial charge is 0.0648 e. The summed E-state index contributed by atoms with van der Waals surface area (Å²) in [6, 6.07) is 0. The van der Waals surface area contributed by atoms with Crippen LogP contribution in [0, 0.1) is 40.4 Å². The minimum Gasteiger partial charge on any atom is -0.390 e. The van der Waals surface area contributed by atoms with E-state index in [1.807, 2.05) is 5.57 Å². The van der Waals surface area contributed by atoms with E-state index in [0.29, 0.717) is 16.7 Å². The van der Waals surface area contributed by atoms with Crippen molar-refractivity contribution in [2.75, 3.05) is 0 Å². The summed E-state index contributed by atoms with van der Waals surface area (Å²) in [6.45, 7) is 9.87. The summed E-state index contributed by atoms with van der Waals surface area (Å²) in [5.41, 5.74) is 1.84.